The van der Waals surface area contributed by atoms with Crippen molar-refractivity contribution in [1.29, 1.82) is 0 Å². The summed E-state index contributed by atoms with van der Waals surface area (Å²) in [5.41, 5.74) is 0.837. The zero-order valence-electron chi connectivity index (χ0n) is 17.2. The predicted molar refractivity (Wildman–Crippen MR) is 124 cm³/mol. The minimum Gasteiger partial charge on any atom is -0.325 e. The van der Waals surface area contributed by atoms with Gasteiger partial charge in [-0.15, -0.1) is 16.8 Å². The Morgan fingerprint density at radius 1 is 1.13 bits per heavy atom. The van der Waals surface area contributed by atoms with E-state index in [1.165, 1.54) is 43.9 Å². The molecule has 30 heavy (non-hydrogen) atoms. The topological polar surface area (TPSA) is 59.8 Å². The molecule has 4 rings (SSSR count). The Balaban J connectivity index is 1.41. The number of carbonyl (C=O) groups is 1. The molecule has 3 aromatic rings. The number of hydrogen-bond acceptors (Lipinski definition) is 4. The summed E-state index contributed by atoms with van der Waals surface area (Å²) < 4.78 is 2.11. The van der Waals surface area contributed by atoms with Crippen LogP contribution in [0.2, 0.25) is 0 Å². The van der Waals surface area contributed by atoms with Crippen LogP contribution in [-0.4, -0.2) is 26.4 Å². The van der Waals surface area contributed by atoms with Crippen LogP contribution < -0.4 is 5.32 Å². The minimum absolute atomic E-state index is 0.0432. The van der Waals surface area contributed by atoms with E-state index in [1.54, 1.807) is 0 Å². The van der Waals surface area contributed by atoms with E-state index in [2.05, 4.69) is 26.7 Å². The lowest BCUT2D eigenvalue weighted by Crippen LogP contribution is -2.16. The number of nitrogens with one attached hydrogen (secondary N) is 1. The van der Waals surface area contributed by atoms with E-state index in [-0.39, 0.29) is 5.91 Å². The number of rotatable bonds is 8. The fourth-order valence-electron chi connectivity index (χ4n) is 4.19. The van der Waals surface area contributed by atoms with Crippen LogP contribution in [0.3, 0.4) is 0 Å². The van der Waals surface area contributed by atoms with Gasteiger partial charge in [0.05, 0.1) is 5.75 Å². The van der Waals surface area contributed by atoms with E-state index >= 15 is 0 Å². The van der Waals surface area contributed by atoms with Gasteiger partial charge in [-0.05, 0) is 17.4 Å². The first-order valence-corrected chi connectivity index (χ1v) is 11.7. The van der Waals surface area contributed by atoms with Gasteiger partial charge in [0.15, 0.2) is 5.16 Å². The van der Waals surface area contributed by atoms with E-state index in [1.807, 2.05) is 48.5 Å². The van der Waals surface area contributed by atoms with Crippen LogP contribution in [0.4, 0.5) is 5.69 Å². The van der Waals surface area contributed by atoms with E-state index in [4.69, 9.17) is 0 Å². The van der Waals surface area contributed by atoms with Gasteiger partial charge in [-0.2, -0.15) is 0 Å². The highest BCUT2D eigenvalue weighted by Crippen LogP contribution is 2.28. The summed E-state index contributed by atoms with van der Waals surface area (Å²) in [4.78, 5) is 12.6. The molecule has 0 bridgehead atoms. The van der Waals surface area contributed by atoms with Gasteiger partial charge in [0.25, 0.3) is 0 Å². The lowest BCUT2D eigenvalue weighted by Gasteiger charge is -2.21. The van der Waals surface area contributed by atoms with Crippen LogP contribution in [0.1, 0.15) is 37.9 Å². The Morgan fingerprint density at radius 2 is 1.93 bits per heavy atom. The molecular weight excluding hydrogens is 392 g/mol. The standard InChI is InChI=1S/C24H28N4OS/c1-2-15-28-22(16-18-9-4-3-5-10-18)26-27-24(28)30-17-23(29)25-21-14-8-12-19-11-6-7-13-20(19)21/h2,6-8,11-14,18H,1,3-5,9-10,15-17H2,(H,25,29). The molecule has 0 unspecified atom stereocenters. The number of nitrogens with zero attached hydrogens (tertiary/aromatic N) is 3. The molecule has 0 saturated heterocycles. The predicted octanol–water partition coefficient (Wildman–Crippen LogP) is 5.47. The molecule has 0 atom stereocenters. The van der Waals surface area contributed by atoms with Crippen molar-refractivity contribution in [1.82, 2.24) is 14.8 Å². The normalized spacial score (nSPS) is 14.7. The fourth-order valence-corrected chi connectivity index (χ4v) is 4.96. The molecule has 0 spiro atoms. The number of aromatic nitrogens is 3. The van der Waals surface area contributed by atoms with Gasteiger partial charge in [-0.25, -0.2) is 0 Å². The summed E-state index contributed by atoms with van der Waals surface area (Å²) in [6.07, 6.45) is 9.36. The zero-order valence-corrected chi connectivity index (χ0v) is 18.0. The Bertz CT molecular complexity index is 1020. The lowest BCUT2D eigenvalue weighted by molar-refractivity contribution is -0.113. The second-order valence-electron chi connectivity index (χ2n) is 7.87. The van der Waals surface area contributed by atoms with Crippen molar-refractivity contribution in [3.8, 4) is 0 Å². The average Bonchev–Trinajstić information content (AvgIpc) is 3.15. The van der Waals surface area contributed by atoms with E-state index < -0.39 is 0 Å². The Morgan fingerprint density at radius 3 is 2.77 bits per heavy atom. The number of hydrogen-bond donors (Lipinski definition) is 1. The summed E-state index contributed by atoms with van der Waals surface area (Å²) in [5.74, 6) is 1.96. The Hall–Kier alpha value is -2.60. The third-order valence-corrected chi connectivity index (χ3v) is 6.66. The summed E-state index contributed by atoms with van der Waals surface area (Å²) in [6.45, 7) is 4.55. The third kappa shape index (κ3) is 4.93. The number of thioether (sulfide) groups is 1. The van der Waals surface area contributed by atoms with Crippen LogP contribution in [0.5, 0.6) is 0 Å². The molecule has 1 fully saturated rings. The monoisotopic (exact) mass is 420 g/mol. The van der Waals surface area contributed by atoms with E-state index in [0.29, 0.717) is 18.2 Å². The third-order valence-electron chi connectivity index (χ3n) is 5.70. The van der Waals surface area contributed by atoms with Crippen molar-refractivity contribution in [2.24, 2.45) is 5.92 Å². The number of allylic oxidation sites excluding steroid dienone is 1. The number of amides is 1. The maximum Gasteiger partial charge on any atom is 0.234 e. The largest absolute Gasteiger partial charge is 0.325 e. The molecule has 1 aromatic heterocycles. The van der Waals surface area contributed by atoms with Crippen molar-refractivity contribution in [2.45, 2.75) is 50.2 Å². The molecule has 6 heteroatoms. The summed E-state index contributed by atoms with van der Waals surface area (Å²) >= 11 is 1.43. The second kappa shape index (κ2) is 9.94. The Kier molecular flexibility index (Phi) is 6.84. The zero-order chi connectivity index (χ0) is 20.8. The van der Waals surface area contributed by atoms with Crippen molar-refractivity contribution in [3.05, 3.63) is 60.9 Å². The first-order chi connectivity index (χ1) is 14.7. The highest BCUT2D eigenvalue weighted by Gasteiger charge is 2.19. The molecule has 156 valence electrons. The van der Waals surface area contributed by atoms with Crippen LogP contribution >= 0.6 is 11.8 Å². The van der Waals surface area contributed by atoms with Gasteiger partial charge in [-0.1, -0.05) is 86.3 Å². The molecule has 1 heterocycles. The molecule has 1 N–H and O–H groups in total. The summed E-state index contributed by atoms with van der Waals surface area (Å²) in [5, 5.41) is 14.8. The lowest BCUT2D eigenvalue weighted by atomic mass is 9.87. The highest BCUT2D eigenvalue weighted by atomic mass is 32.2. The molecule has 1 aliphatic carbocycles. The first-order valence-electron chi connectivity index (χ1n) is 10.7. The first kappa shape index (κ1) is 20.7. The van der Waals surface area contributed by atoms with Gasteiger partial charge in [0, 0.05) is 24.0 Å². The average molecular weight is 421 g/mol. The summed E-state index contributed by atoms with van der Waals surface area (Å²) in [7, 11) is 0. The highest BCUT2D eigenvalue weighted by molar-refractivity contribution is 7.99. The molecule has 0 aliphatic heterocycles. The van der Waals surface area contributed by atoms with Crippen LogP contribution in [-0.2, 0) is 17.8 Å². The fraction of sp³-hybridized carbons (Fsp3) is 0.375. The van der Waals surface area contributed by atoms with Crippen molar-refractivity contribution >= 4 is 34.1 Å². The molecular formula is C24H28N4OS. The number of benzene rings is 2. The van der Waals surface area contributed by atoms with Crippen LogP contribution in [0.25, 0.3) is 10.8 Å². The molecule has 2 aromatic carbocycles. The number of carbonyl (C=O) groups excluding carboxylic acids is 1. The number of fused-ring (bicyclic) bond motifs is 1. The molecule has 1 aliphatic rings. The van der Waals surface area contributed by atoms with Crippen LogP contribution in [0, 0.1) is 5.92 Å². The van der Waals surface area contributed by atoms with E-state index in [0.717, 1.165) is 33.9 Å². The molecule has 5 nitrogen and oxygen atoms in total. The van der Waals surface area contributed by atoms with Gasteiger partial charge in [-0.3, -0.25) is 4.79 Å². The van der Waals surface area contributed by atoms with Gasteiger partial charge >= 0.3 is 0 Å². The van der Waals surface area contributed by atoms with Crippen molar-refractivity contribution in [3.63, 3.8) is 0 Å². The molecule has 0 radical (unpaired) electrons. The van der Waals surface area contributed by atoms with Gasteiger partial charge in [0.1, 0.15) is 5.82 Å². The van der Waals surface area contributed by atoms with Crippen molar-refractivity contribution < 1.29 is 4.79 Å². The minimum atomic E-state index is -0.0432. The van der Waals surface area contributed by atoms with Gasteiger partial charge < -0.3 is 9.88 Å². The molecule has 1 amide bonds. The Labute approximate surface area is 182 Å². The SMILES string of the molecule is C=CCn1c(CC2CCCCC2)nnc1SCC(=O)Nc1cccc2ccccc12. The molecule has 1 saturated carbocycles. The quantitative estimate of drug-likeness (QED) is 0.388. The van der Waals surface area contributed by atoms with Crippen LogP contribution in [0.15, 0.2) is 60.3 Å². The second-order valence-corrected chi connectivity index (χ2v) is 8.81. The maximum atomic E-state index is 12.6. The van der Waals surface area contributed by atoms with Gasteiger partial charge in [0.2, 0.25) is 5.91 Å². The summed E-state index contributed by atoms with van der Waals surface area (Å²) in [6, 6.07) is 14.0. The number of anilines is 1. The maximum absolute atomic E-state index is 12.6. The smallest absolute Gasteiger partial charge is 0.234 e. The van der Waals surface area contributed by atoms with E-state index in [9.17, 15) is 4.79 Å². The van der Waals surface area contributed by atoms with Crippen molar-refractivity contribution in [2.75, 3.05) is 11.1 Å².